The van der Waals surface area contributed by atoms with Gasteiger partial charge in [-0.25, -0.2) is 4.39 Å². The normalized spacial score (nSPS) is 10.1. The summed E-state index contributed by atoms with van der Waals surface area (Å²) < 4.78 is 12.8. The summed E-state index contributed by atoms with van der Waals surface area (Å²) in [5.74, 6) is -0.333. The van der Waals surface area contributed by atoms with Gasteiger partial charge in [-0.3, -0.25) is 4.79 Å². The number of benzene rings is 1. The molecule has 0 fully saturated rings. The predicted molar refractivity (Wildman–Crippen MR) is 69.0 cm³/mol. The zero-order valence-electron chi connectivity index (χ0n) is 9.53. The van der Waals surface area contributed by atoms with E-state index in [0.717, 1.165) is 0 Å². The van der Waals surface area contributed by atoms with Crippen molar-refractivity contribution in [1.29, 1.82) is 5.26 Å². The van der Waals surface area contributed by atoms with Crippen LogP contribution in [0.2, 0.25) is 0 Å². The summed E-state index contributed by atoms with van der Waals surface area (Å²) >= 11 is 1.33. The summed E-state index contributed by atoms with van der Waals surface area (Å²) in [5, 5.41) is 8.90. The minimum absolute atomic E-state index is 0.105. The summed E-state index contributed by atoms with van der Waals surface area (Å²) in [6, 6.07) is 9.41. The third kappa shape index (κ3) is 2.29. The van der Waals surface area contributed by atoms with Crippen molar-refractivity contribution < 1.29 is 4.39 Å². The highest BCUT2D eigenvalue weighted by molar-refractivity contribution is 7.98. The lowest BCUT2D eigenvalue weighted by atomic mass is 10.1. The number of hydrogen-bond acceptors (Lipinski definition) is 3. The molecule has 0 atom stereocenters. The van der Waals surface area contributed by atoms with Crippen molar-refractivity contribution in [2.75, 3.05) is 6.26 Å². The van der Waals surface area contributed by atoms with Crippen LogP contribution in [-0.2, 0) is 0 Å². The van der Waals surface area contributed by atoms with Crippen LogP contribution >= 0.6 is 11.8 Å². The zero-order chi connectivity index (χ0) is 13.1. The van der Waals surface area contributed by atoms with Crippen molar-refractivity contribution in [1.82, 2.24) is 4.98 Å². The third-order valence-electron chi connectivity index (χ3n) is 2.48. The van der Waals surface area contributed by atoms with Crippen LogP contribution in [0, 0.1) is 17.1 Å². The molecule has 0 amide bonds. The van der Waals surface area contributed by atoms with Crippen LogP contribution in [-0.4, -0.2) is 11.2 Å². The van der Waals surface area contributed by atoms with Crippen molar-refractivity contribution in [3.8, 4) is 17.3 Å². The van der Waals surface area contributed by atoms with Gasteiger partial charge in [0.1, 0.15) is 17.4 Å². The van der Waals surface area contributed by atoms with E-state index in [4.69, 9.17) is 5.26 Å². The topological polar surface area (TPSA) is 56.6 Å². The van der Waals surface area contributed by atoms with E-state index < -0.39 is 5.56 Å². The highest BCUT2D eigenvalue weighted by atomic mass is 32.2. The van der Waals surface area contributed by atoms with E-state index in [1.807, 2.05) is 6.07 Å². The number of nitriles is 1. The Labute approximate surface area is 107 Å². The molecule has 0 aliphatic heterocycles. The second-order valence-electron chi connectivity index (χ2n) is 3.57. The fourth-order valence-electron chi connectivity index (χ4n) is 1.59. The average molecular weight is 260 g/mol. The lowest BCUT2D eigenvalue weighted by molar-refractivity contribution is 0.628. The van der Waals surface area contributed by atoms with Gasteiger partial charge in [0, 0.05) is 10.6 Å². The lowest BCUT2D eigenvalue weighted by Gasteiger charge is -2.05. The number of halogens is 1. The number of rotatable bonds is 2. The SMILES string of the molecule is CSc1cc(-c2ccc(F)cc2)[nH]c(=O)c1C#N. The Morgan fingerprint density at radius 1 is 1.33 bits per heavy atom. The van der Waals surface area contributed by atoms with E-state index in [9.17, 15) is 9.18 Å². The van der Waals surface area contributed by atoms with E-state index in [-0.39, 0.29) is 11.4 Å². The molecule has 0 aliphatic rings. The lowest BCUT2D eigenvalue weighted by Crippen LogP contribution is -2.12. The summed E-state index contributed by atoms with van der Waals surface area (Å²) in [7, 11) is 0. The molecule has 90 valence electrons. The molecule has 0 unspecified atom stereocenters. The molecular weight excluding hydrogens is 251 g/mol. The van der Waals surface area contributed by atoms with Crippen LogP contribution in [0.1, 0.15) is 5.56 Å². The van der Waals surface area contributed by atoms with Gasteiger partial charge in [-0.1, -0.05) is 0 Å². The van der Waals surface area contributed by atoms with Gasteiger partial charge in [0.2, 0.25) is 0 Å². The fourth-order valence-corrected chi connectivity index (χ4v) is 2.17. The van der Waals surface area contributed by atoms with Crippen molar-refractivity contribution in [3.05, 3.63) is 52.1 Å². The van der Waals surface area contributed by atoms with Crippen LogP contribution < -0.4 is 5.56 Å². The molecule has 1 N–H and O–H groups in total. The minimum atomic E-state index is -0.427. The highest BCUT2D eigenvalue weighted by Crippen LogP contribution is 2.23. The molecule has 0 spiro atoms. The zero-order valence-corrected chi connectivity index (χ0v) is 10.3. The standard InChI is InChI=1S/C13H9FN2OS/c1-18-12-6-11(16-13(17)10(12)7-15)8-2-4-9(14)5-3-8/h2-6H,1H3,(H,16,17). The molecule has 0 bridgehead atoms. The summed E-state index contributed by atoms with van der Waals surface area (Å²) in [6.45, 7) is 0. The second-order valence-corrected chi connectivity index (χ2v) is 4.42. The Morgan fingerprint density at radius 3 is 2.56 bits per heavy atom. The van der Waals surface area contributed by atoms with Gasteiger partial charge in [0.25, 0.3) is 5.56 Å². The first kappa shape index (κ1) is 12.4. The van der Waals surface area contributed by atoms with Crippen molar-refractivity contribution >= 4 is 11.8 Å². The molecule has 3 nitrogen and oxygen atoms in total. The van der Waals surface area contributed by atoms with Crippen LogP contribution in [0.4, 0.5) is 4.39 Å². The first-order valence-corrected chi connectivity index (χ1v) is 6.35. The van der Waals surface area contributed by atoms with Gasteiger partial charge < -0.3 is 4.98 Å². The molecule has 0 radical (unpaired) electrons. The van der Waals surface area contributed by atoms with Crippen molar-refractivity contribution in [3.63, 3.8) is 0 Å². The van der Waals surface area contributed by atoms with Gasteiger partial charge in [-0.15, -0.1) is 11.8 Å². The monoisotopic (exact) mass is 260 g/mol. The minimum Gasteiger partial charge on any atom is -0.321 e. The van der Waals surface area contributed by atoms with Crippen molar-refractivity contribution in [2.24, 2.45) is 0 Å². The Morgan fingerprint density at radius 2 is 2.00 bits per heavy atom. The first-order valence-electron chi connectivity index (χ1n) is 5.13. The van der Waals surface area contributed by atoms with Gasteiger partial charge in [-0.2, -0.15) is 5.26 Å². The quantitative estimate of drug-likeness (QED) is 0.845. The molecule has 18 heavy (non-hydrogen) atoms. The number of aromatic nitrogens is 1. The molecule has 2 aromatic rings. The van der Waals surface area contributed by atoms with E-state index in [2.05, 4.69) is 4.98 Å². The Hall–Kier alpha value is -2.06. The number of thioether (sulfide) groups is 1. The van der Waals surface area contributed by atoms with Crippen LogP contribution in [0.5, 0.6) is 0 Å². The molecule has 1 heterocycles. The molecule has 5 heteroatoms. The van der Waals surface area contributed by atoms with Crippen LogP contribution in [0.15, 0.2) is 40.0 Å². The molecule has 0 saturated carbocycles. The van der Waals surface area contributed by atoms with E-state index in [0.29, 0.717) is 16.2 Å². The van der Waals surface area contributed by atoms with Gasteiger partial charge in [-0.05, 0) is 42.2 Å². The second kappa shape index (κ2) is 5.07. The number of H-pyrrole nitrogens is 1. The maximum absolute atomic E-state index is 12.8. The van der Waals surface area contributed by atoms with Crippen LogP contribution in [0.25, 0.3) is 11.3 Å². The highest BCUT2D eigenvalue weighted by Gasteiger charge is 2.09. The molecule has 0 saturated heterocycles. The van der Waals surface area contributed by atoms with E-state index in [1.54, 1.807) is 24.5 Å². The Balaban J connectivity index is 2.60. The third-order valence-corrected chi connectivity index (χ3v) is 3.25. The number of aromatic amines is 1. The number of hydrogen-bond donors (Lipinski definition) is 1. The van der Waals surface area contributed by atoms with Gasteiger partial charge in [0.15, 0.2) is 0 Å². The molecule has 2 rings (SSSR count). The Bertz CT molecular complexity index is 671. The van der Waals surface area contributed by atoms with Crippen LogP contribution in [0.3, 0.4) is 0 Å². The Kier molecular flexibility index (Phi) is 3.49. The molecule has 1 aromatic heterocycles. The fraction of sp³-hybridized carbons (Fsp3) is 0.0769. The maximum atomic E-state index is 12.8. The summed E-state index contributed by atoms with van der Waals surface area (Å²) in [5.41, 5.74) is 0.952. The van der Waals surface area contributed by atoms with E-state index in [1.165, 1.54) is 23.9 Å². The van der Waals surface area contributed by atoms with Gasteiger partial charge >= 0.3 is 0 Å². The maximum Gasteiger partial charge on any atom is 0.267 e. The molecule has 1 aromatic carbocycles. The summed E-state index contributed by atoms with van der Waals surface area (Å²) in [6.07, 6.45) is 1.80. The molecule has 0 aliphatic carbocycles. The van der Waals surface area contributed by atoms with E-state index >= 15 is 0 Å². The van der Waals surface area contributed by atoms with Gasteiger partial charge in [0.05, 0.1) is 0 Å². The number of nitrogens with zero attached hydrogens (tertiary/aromatic N) is 1. The average Bonchev–Trinajstić information content (AvgIpc) is 2.38. The molecular formula is C13H9FN2OS. The summed E-state index contributed by atoms with van der Waals surface area (Å²) in [4.78, 5) is 15.0. The smallest absolute Gasteiger partial charge is 0.267 e. The predicted octanol–water partition coefficient (Wildman–Crippen LogP) is 2.77. The first-order chi connectivity index (χ1) is 8.65. The largest absolute Gasteiger partial charge is 0.321 e. The number of pyridine rings is 1. The number of nitrogens with one attached hydrogen (secondary N) is 1. The van der Waals surface area contributed by atoms with Crippen molar-refractivity contribution in [2.45, 2.75) is 4.90 Å².